The van der Waals surface area contributed by atoms with Crippen LogP contribution >= 0.6 is 11.8 Å². The Morgan fingerprint density at radius 1 is 1.09 bits per heavy atom. The average Bonchev–Trinajstić information content (AvgIpc) is 3.47. The summed E-state index contributed by atoms with van der Waals surface area (Å²) in [5.41, 5.74) is 3.75. The van der Waals surface area contributed by atoms with E-state index in [2.05, 4.69) is 9.30 Å². The van der Waals surface area contributed by atoms with E-state index >= 15 is 0 Å². The Kier molecular flexibility index (Phi) is 6.15. The number of rotatable bonds is 6. The molecule has 8 nitrogen and oxygen atoms in total. The third-order valence-electron chi connectivity index (χ3n) is 5.32. The Hall–Kier alpha value is -3.72. The van der Waals surface area contributed by atoms with E-state index < -0.39 is 17.1 Å². The van der Waals surface area contributed by atoms with Gasteiger partial charge in [0.1, 0.15) is 11.5 Å². The van der Waals surface area contributed by atoms with Gasteiger partial charge in [-0.15, -0.1) is 0 Å². The highest BCUT2D eigenvalue weighted by Crippen LogP contribution is 2.35. The summed E-state index contributed by atoms with van der Waals surface area (Å²) in [6.45, 7) is 3.88. The summed E-state index contributed by atoms with van der Waals surface area (Å²) < 4.78 is 17.3. The molecule has 1 aromatic carbocycles. The number of aryl methyl sites for hydroxylation is 1. The second-order valence-corrected chi connectivity index (χ2v) is 8.38. The number of esters is 1. The van der Waals surface area contributed by atoms with Gasteiger partial charge in [0.25, 0.3) is 11.1 Å². The summed E-state index contributed by atoms with van der Waals surface area (Å²) in [5, 5.41) is -0.397. The minimum atomic E-state index is -0.623. The Bertz CT molecular complexity index is 1270. The Morgan fingerprint density at radius 3 is 2.48 bits per heavy atom. The van der Waals surface area contributed by atoms with Gasteiger partial charge in [-0.05, 0) is 79.7 Å². The molecule has 0 bridgehead atoms. The molecular formula is C24H22N2O6S. The summed E-state index contributed by atoms with van der Waals surface area (Å²) in [5.74, 6) is 0.0702. The molecule has 33 heavy (non-hydrogen) atoms. The van der Waals surface area contributed by atoms with Crippen molar-refractivity contribution in [2.75, 3.05) is 14.2 Å². The molecule has 1 aliphatic heterocycles. The van der Waals surface area contributed by atoms with Gasteiger partial charge in [-0.3, -0.25) is 14.5 Å². The smallest absolute Gasteiger partial charge is 0.373 e. The first kappa shape index (κ1) is 22.5. The minimum Gasteiger partial charge on any atom is -0.497 e. The molecule has 9 heteroatoms. The van der Waals surface area contributed by atoms with E-state index in [0.29, 0.717) is 10.7 Å². The van der Waals surface area contributed by atoms with Crippen molar-refractivity contribution in [1.82, 2.24) is 9.47 Å². The van der Waals surface area contributed by atoms with Crippen LogP contribution in [0, 0.1) is 13.8 Å². The van der Waals surface area contributed by atoms with E-state index in [9.17, 15) is 14.4 Å². The minimum absolute atomic E-state index is 0.0148. The number of hydrogen-bond donors (Lipinski definition) is 0. The van der Waals surface area contributed by atoms with Gasteiger partial charge in [0, 0.05) is 17.1 Å². The number of carbonyl (C=O) groups excluding carboxylic acids is 3. The third kappa shape index (κ3) is 4.31. The highest BCUT2D eigenvalue weighted by atomic mass is 32.2. The first-order valence-corrected chi connectivity index (χ1v) is 10.9. The molecule has 2 aromatic heterocycles. The zero-order valence-electron chi connectivity index (χ0n) is 18.6. The topological polar surface area (TPSA) is 91.0 Å². The van der Waals surface area contributed by atoms with Crippen molar-refractivity contribution in [3.05, 3.63) is 75.8 Å². The largest absolute Gasteiger partial charge is 0.497 e. The van der Waals surface area contributed by atoms with Gasteiger partial charge in [0.05, 0.1) is 25.7 Å². The fourth-order valence-electron chi connectivity index (χ4n) is 3.67. The zero-order chi connectivity index (χ0) is 23.7. The normalized spacial score (nSPS) is 14.9. The molecule has 1 saturated heterocycles. The highest BCUT2D eigenvalue weighted by Gasteiger charge is 2.36. The van der Waals surface area contributed by atoms with Gasteiger partial charge in [-0.1, -0.05) is 0 Å². The number of imide groups is 1. The Balaban J connectivity index is 1.57. The molecule has 170 valence electrons. The van der Waals surface area contributed by atoms with E-state index in [1.807, 2.05) is 44.2 Å². The van der Waals surface area contributed by atoms with Crippen molar-refractivity contribution in [2.24, 2.45) is 0 Å². The lowest BCUT2D eigenvalue weighted by atomic mass is 10.2. The predicted molar refractivity (Wildman–Crippen MR) is 123 cm³/mol. The van der Waals surface area contributed by atoms with Crippen molar-refractivity contribution < 1.29 is 28.3 Å². The van der Waals surface area contributed by atoms with E-state index in [1.165, 1.54) is 13.2 Å². The average molecular weight is 467 g/mol. The van der Waals surface area contributed by atoms with Crippen molar-refractivity contribution in [2.45, 2.75) is 20.4 Å². The van der Waals surface area contributed by atoms with Gasteiger partial charge >= 0.3 is 5.97 Å². The van der Waals surface area contributed by atoms with Crippen molar-refractivity contribution in [1.29, 1.82) is 0 Å². The molecule has 0 N–H and O–H groups in total. The van der Waals surface area contributed by atoms with Gasteiger partial charge in [0.2, 0.25) is 5.76 Å². The van der Waals surface area contributed by atoms with Crippen LogP contribution in [0.5, 0.6) is 5.75 Å². The Labute approximate surface area is 194 Å². The van der Waals surface area contributed by atoms with Crippen molar-refractivity contribution in [3.8, 4) is 11.4 Å². The molecule has 2 amide bonds. The van der Waals surface area contributed by atoms with E-state index in [1.54, 1.807) is 19.3 Å². The van der Waals surface area contributed by atoms with Crippen molar-refractivity contribution in [3.63, 3.8) is 0 Å². The SMILES string of the molecule is COC(=O)c1ccc(CN2C(=O)SC(=Cc3cc(C)n(-c4ccc(OC)cc4)c3C)C2=O)o1. The molecular weight excluding hydrogens is 444 g/mol. The lowest BCUT2D eigenvalue weighted by molar-refractivity contribution is -0.123. The lowest BCUT2D eigenvalue weighted by Crippen LogP contribution is -2.27. The van der Waals surface area contributed by atoms with Crippen LogP contribution in [0.25, 0.3) is 11.8 Å². The van der Waals surface area contributed by atoms with Gasteiger partial charge < -0.3 is 18.5 Å². The fraction of sp³-hybridized carbons (Fsp3) is 0.208. The number of benzene rings is 1. The zero-order valence-corrected chi connectivity index (χ0v) is 19.4. The van der Waals surface area contributed by atoms with Crippen molar-refractivity contribution >= 4 is 35.0 Å². The van der Waals surface area contributed by atoms with Crippen LogP contribution in [0.1, 0.15) is 33.3 Å². The molecule has 0 atom stereocenters. The quantitative estimate of drug-likeness (QED) is 0.383. The molecule has 3 heterocycles. The number of carbonyl (C=O) groups is 3. The first-order chi connectivity index (χ1) is 15.8. The molecule has 0 unspecified atom stereocenters. The van der Waals surface area contributed by atoms with Gasteiger partial charge in [-0.2, -0.15) is 0 Å². The van der Waals surface area contributed by atoms with Crippen LogP contribution in [-0.4, -0.2) is 40.8 Å². The summed E-state index contributed by atoms with van der Waals surface area (Å²) in [7, 11) is 2.87. The third-order valence-corrected chi connectivity index (χ3v) is 6.23. The predicted octanol–water partition coefficient (Wildman–Crippen LogP) is 4.72. The number of methoxy groups -OCH3 is 2. The number of ether oxygens (including phenoxy) is 2. The Morgan fingerprint density at radius 2 is 1.82 bits per heavy atom. The molecule has 0 aliphatic carbocycles. The summed E-state index contributed by atoms with van der Waals surface area (Å²) >= 11 is 0.878. The number of furan rings is 1. The van der Waals surface area contributed by atoms with Crippen LogP contribution in [0.2, 0.25) is 0 Å². The second-order valence-electron chi connectivity index (χ2n) is 7.39. The van der Waals surface area contributed by atoms with E-state index in [4.69, 9.17) is 9.15 Å². The van der Waals surface area contributed by atoms with Gasteiger partial charge in [-0.25, -0.2) is 4.79 Å². The standard InChI is InChI=1S/C24H22N2O6S/c1-14-11-16(15(2)26(14)17-5-7-18(30-3)8-6-17)12-21-22(27)25(24(29)33-21)13-19-9-10-20(32-19)23(28)31-4/h5-12H,13H2,1-4H3. The monoisotopic (exact) mass is 466 g/mol. The number of nitrogens with zero attached hydrogens (tertiary/aromatic N) is 2. The van der Waals surface area contributed by atoms with Crippen LogP contribution in [0.3, 0.4) is 0 Å². The fourth-order valence-corrected chi connectivity index (χ4v) is 4.50. The van der Waals surface area contributed by atoms with Crippen LogP contribution < -0.4 is 4.74 Å². The highest BCUT2D eigenvalue weighted by molar-refractivity contribution is 8.18. The summed E-state index contributed by atoms with van der Waals surface area (Å²) in [6.07, 6.45) is 1.73. The second kappa shape index (κ2) is 9.03. The summed E-state index contributed by atoms with van der Waals surface area (Å²) in [4.78, 5) is 38.4. The van der Waals surface area contributed by atoms with Crippen LogP contribution in [-0.2, 0) is 16.1 Å². The maximum atomic E-state index is 12.9. The lowest BCUT2D eigenvalue weighted by Gasteiger charge is -2.10. The van der Waals surface area contributed by atoms with Crippen LogP contribution in [0.4, 0.5) is 4.79 Å². The molecule has 0 spiro atoms. The molecule has 3 aromatic rings. The number of thioether (sulfide) groups is 1. The number of amides is 2. The number of aromatic nitrogens is 1. The molecule has 1 aliphatic rings. The van der Waals surface area contributed by atoms with Gasteiger partial charge in [0.15, 0.2) is 0 Å². The molecule has 0 radical (unpaired) electrons. The first-order valence-electron chi connectivity index (χ1n) is 10.1. The number of hydrogen-bond acceptors (Lipinski definition) is 7. The molecule has 4 rings (SSSR count). The molecule has 0 saturated carbocycles. The van der Waals surface area contributed by atoms with Crippen LogP contribution in [0.15, 0.2) is 51.8 Å². The van der Waals surface area contributed by atoms with E-state index in [0.717, 1.165) is 45.1 Å². The molecule has 1 fully saturated rings. The maximum absolute atomic E-state index is 12.9. The maximum Gasteiger partial charge on any atom is 0.373 e. The summed E-state index contributed by atoms with van der Waals surface area (Å²) in [6, 6.07) is 12.7. The van der Waals surface area contributed by atoms with E-state index in [-0.39, 0.29) is 12.3 Å².